The number of carbonyl (C=O) groups excluding carboxylic acids is 1. The Morgan fingerprint density at radius 1 is 1.17 bits per heavy atom. The monoisotopic (exact) mass is 389 g/mol. The van der Waals surface area contributed by atoms with Crippen molar-refractivity contribution in [2.75, 3.05) is 18.8 Å². The molecule has 1 aromatic carbocycles. The van der Waals surface area contributed by atoms with Gasteiger partial charge in [-0.1, -0.05) is 18.2 Å². The summed E-state index contributed by atoms with van der Waals surface area (Å²) < 4.78 is 1.98. The van der Waals surface area contributed by atoms with Crippen LogP contribution in [-0.2, 0) is 13.0 Å². The van der Waals surface area contributed by atoms with E-state index in [1.165, 1.54) is 5.56 Å². The average Bonchev–Trinajstić information content (AvgIpc) is 3.29. The predicted octanol–water partition coefficient (Wildman–Crippen LogP) is 3.23. The molecule has 150 valence electrons. The smallest absolute Gasteiger partial charge is 0.253 e. The number of nitrogens with two attached hydrogens (primary N) is 1. The van der Waals surface area contributed by atoms with E-state index in [-0.39, 0.29) is 5.91 Å². The lowest BCUT2D eigenvalue weighted by Gasteiger charge is -2.17. The van der Waals surface area contributed by atoms with Crippen molar-refractivity contribution in [3.63, 3.8) is 0 Å². The Hall–Kier alpha value is -3.15. The zero-order valence-electron chi connectivity index (χ0n) is 17.0. The van der Waals surface area contributed by atoms with E-state index in [1.807, 2.05) is 59.1 Å². The van der Waals surface area contributed by atoms with Gasteiger partial charge in [-0.05, 0) is 68.0 Å². The lowest BCUT2D eigenvalue weighted by molar-refractivity contribution is 0.0787. The summed E-state index contributed by atoms with van der Waals surface area (Å²) in [5.74, 6) is 1.11. The van der Waals surface area contributed by atoms with Crippen molar-refractivity contribution in [1.29, 1.82) is 0 Å². The molecule has 29 heavy (non-hydrogen) atoms. The molecule has 1 aliphatic rings. The molecule has 0 bridgehead atoms. The van der Waals surface area contributed by atoms with Gasteiger partial charge in [0.05, 0.1) is 12.2 Å². The summed E-state index contributed by atoms with van der Waals surface area (Å²) in [6.45, 7) is 6.30. The van der Waals surface area contributed by atoms with E-state index in [9.17, 15) is 4.79 Å². The fourth-order valence-corrected chi connectivity index (χ4v) is 4.07. The van der Waals surface area contributed by atoms with E-state index in [2.05, 4.69) is 23.1 Å². The van der Waals surface area contributed by atoms with Gasteiger partial charge in [0, 0.05) is 30.5 Å². The number of nitrogen functional groups attached to an aromatic ring is 1. The van der Waals surface area contributed by atoms with Gasteiger partial charge < -0.3 is 10.6 Å². The minimum Gasteiger partial charge on any atom is -0.384 e. The van der Waals surface area contributed by atoms with Crippen LogP contribution in [0.3, 0.4) is 0 Å². The fraction of sp³-hybridized carbons (Fsp3) is 0.348. The van der Waals surface area contributed by atoms with Crippen LogP contribution in [0.25, 0.3) is 0 Å². The van der Waals surface area contributed by atoms with Crippen LogP contribution in [0.1, 0.15) is 39.3 Å². The molecule has 0 saturated carbocycles. The van der Waals surface area contributed by atoms with Crippen molar-refractivity contribution in [2.24, 2.45) is 5.92 Å². The first kappa shape index (κ1) is 19.2. The molecule has 2 aromatic heterocycles. The number of benzene rings is 1. The van der Waals surface area contributed by atoms with Gasteiger partial charge in [0.15, 0.2) is 0 Å². The number of carbonyl (C=O) groups is 1. The van der Waals surface area contributed by atoms with E-state index in [4.69, 9.17) is 5.73 Å². The summed E-state index contributed by atoms with van der Waals surface area (Å²) >= 11 is 0. The van der Waals surface area contributed by atoms with Gasteiger partial charge in [0.1, 0.15) is 5.82 Å². The van der Waals surface area contributed by atoms with Crippen molar-refractivity contribution in [1.82, 2.24) is 19.7 Å². The molecule has 4 rings (SSSR count). The van der Waals surface area contributed by atoms with E-state index in [0.29, 0.717) is 18.3 Å². The summed E-state index contributed by atoms with van der Waals surface area (Å²) in [5, 5.41) is 4.52. The van der Waals surface area contributed by atoms with Crippen molar-refractivity contribution in [3.05, 3.63) is 76.7 Å². The first-order valence-corrected chi connectivity index (χ1v) is 10.1. The normalized spacial score (nSPS) is 16.3. The number of amides is 1. The highest BCUT2D eigenvalue weighted by Crippen LogP contribution is 2.23. The summed E-state index contributed by atoms with van der Waals surface area (Å²) in [6.07, 6.45) is 3.78. The highest BCUT2D eigenvalue weighted by atomic mass is 16.2. The lowest BCUT2D eigenvalue weighted by Crippen LogP contribution is -2.29. The Kier molecular flexibility index (Phi) is 5.34. The van der Waals surface area contributed by atoms with Gasteiger partial charge in [-0.25, -0.2) is 4.98 Å². The minimum absolute atomic E-state index is 0.109. The fourth-order valence-electron chi connectivity index (χ4n) is 4.07. The molecule has 1 amide bonds. The van der Waals surface area contributed by atoms with Crippen LogP contribution in [0, 0.1) is 19.8 Å². The molecule has 1 atom stereocenters. The number of likely N-dealkylation sites (tertiary alicyclic amines) is 1. The van der Waals surface area contributed by atoms with Crippen molar-refractivity contribution >= 4 is 11.7 Å². The minimum atomic E-state index is 0.109. The highest BCUT2D eigenvalue weighted by molar-refractivity contribution is 5.94. The van der Waals surface area contributed by atoms with E-state index in [0.717, 1.165) is 48.4 Å². The van der Waals surface area contributed by atoms with Crippen LogP contribution >= 0.6 is 0 Å². The zero-order valence-corrected chi connectivity index (χ0v) is 17.0. The summed E-state index contributed by atoms with van der Waals surface area (Å²) in [4.78, 5) is 19.2. The zero-order chi connectivity index (χ0) is 20.4. The van der Waals surface area contributed by atoms with E-state index < -0.39 is 0 Å². The van der Waals surface area contributed by atoms with Gasteiger partial charge in [-0.3, -0.25) is 9.48 Å². The number of anilines is 1. The molecule has 0 aliphatic carbocycles. The quantitative estimate of drug-likeness (QED) is 0.727. The van der Waals surface area contributed by atoms with E-state index in [1.54, 1.807) is 0 Å². The molecule has 0 spiro atoms. The number of rotatable bonds is 5. The molecule has 3 aromatic rings. The number of hydrogen-bond donors (Lipinski definition) is 1. The standard InChI is InChI=1S/C23H27N5O/c1-16-10-17(2)28(26-16)15-19-4-3-5-21(12-19)23(29)27-9-8-20(14-27)11-18-6-7-22(24)25-13-18/h3-7,10,12-13,20H,8-9,11,14-15H2,1-2H3,(H2,24,25). The molecule has 2 N–H and O–H groups in total. The second-order valence-electron chi connectivity index (χ2n) is 7.99. The van der Waals surface area contributed by atoms with Crippen LogP contribution in [0.4, 0.5) is 5.82 Å². The summed E-state index contributed by atoms with van der Waals surface area (Å²) in [5.41, 5.74) is 10.8. The molecular weight excluding hydrogens is 362 g/mol. The topological polar surface area (TPSA) is 77.0 Å². The van der Waals surface area contributed by atoms with Crippen molar-refractivity contribution < 1.29 is 4.79 Å². The molecule has 1 saturated heterocycles. The Balaban J connectivity index is 1.40. The Morgan fingerprint density at radius 3 is 2.76 bits per heavy atom. The van der Waals surface area contributed by atoms with Crippen LogP contribution in [-0.4, -0.2) is 38.7 Å². The van der Waals surface area contributed by atoms with Crippen molar-refractivity contribution in [2.45, 2.75) is 33.2 Å². The summed E-state index contributed by atoms with van der Waals surface area (Å²) in [6, 6.07) is 13.8. The molecule has 3 heterocycles. The molecule has 6 nitrogen and oxygen atoms in total. The van der Waals surface area contributed by atoms with Gasteiger partial charge >= 0.3 is 0 Å². The van der Waals surface area contributed by atoms with Crippen LogP contribution in [0.15, 0.2) is 48.7 Å². The predicted molar refractivity (Wildman–Crippen MR) is 114 cm³/mol. The Morgan fingerprint density at radius 2 is 2.03 bits per heavy atom. The van der Waals surface area contributed by atoms with Gasteiger partial charge in [0.2, 0.25) is 0 Å². The lowest BCUT2D eigenvalue weighted by atomic mass is 10.00. The van der Waals surface area contributed by atoms with Crippen LogP contribution in [0.5, 0.6) is 0 Å². The third-order valence-electron chi connectivity index (χ3n) is 5.55. The average molecular weight is 390 g/mol. The summed E-state index contributed by atoms with van der Waals surface area (Å²) in [7, 11) is 0. The van der Waals surface area contributed by atoms with Crippen molar-refractivity contribution in [3.8, 4) is 0 Å². The van der Waals surface area contributed by atoms with Crippen LogP contribution < -0.4 is 5.73 Å². The van der Waals surface area contributed by atoms with Crippen LogP contribution in [0.2, 0.25) is 0 Å². The van der Waals surface area contributed by atoms with Gasteiger partial charge in [-0.2, -0.15) is 5.10 Å². The first-order chi connectivity index (χ1) is 14.0. The SMILES string of the molecule is Cc1cc(C)n(Cc2cccc(C(=O)N3CCC(Cc4ccc(N)nc4)C3)c2)n1. The number of aromatic nitrogens is 3. The number of pyridine rings is 1. The molecule has 1 fully saturated rings. The second kappa shape index (κ2) is 8.07. The number of hydrogen-bond acceptors (Lipinski definition) is 4. The highest BCUT2D eigenvalue weighted by Gasteiger charge is 2.27. The molecule has 1 unspecified atom stereocenters. The largest absolute Gasteiger partial charge is 0.384 e. The Labute approximate surface area is 171 Å². The second-order valence-corrected chi connectivity index (χ2v) is 7.99. The van der Waals surface area contributed by atoms with Gasteiger partial charge in [0.25, 0.3) is 5.91 Å². The maximum Gasteiger partial charge on any atom is 0.253 e. The Bertz CT molecular complexity index is 1010. The molecular formula is C23H27N5O. The molecule has 0 radical (unpaired) electrons. The number of nitrogens with zero attached hydrogens (tertiary/aromatic N) is 4. The molecule has 6 heteroatoms. The number of aryl methyl sites for hydroxylation is 2. The third kappa shape index (κ3) is 4.47. The first-order valence-electron chi connectivity index (χ1n) is 10.1. The molecule has 1 aliphatic heterocycles. The third-order valence-corrected chi connectivity index (χ3v) is 5.55. The maximum absolute atomic E-state index is 13.0. The van der Waals surface area contributed by atoms with Gasteiger partial charge in [-0.15, -0.1) is 0 Å². The van der Waals surface area contributed by atoms with E-state index >= 15 is 0 Å². The maximum atomic E-state index is 13.0.